The Hall–Kier alpha value is -1.78. The molecule has 1 amide bonds. The van der Waals surface area contributed by atoms with E-state index in [9.17, 15) is 9.18 Å². The zero-order valence-corrected chi connectivity index (χ0v) is 15.5. The molecule has 3 rings (SSSR count). The van der Waals surface area contributed by atoms with Crippen molar-refractivity contribution in [2.45, 2.75) is 25.6 Å². The van der Waals surface area contributed by atoms with Gasteiger partial charge in [-0.1, -0.05) is 0 Å². The summed E-state index contributed by atoms with van der Waals surface area (Å²) >= 11 is 2.03. The Bertz CT molecular complexity index is 754. The largest absolute Gasteiger partial charge is 0.351 e. The van der Waals surface area contributed by atoms with Crippen LogP contribution in [-0.2, 0) is 9.57 Å². The van der Waals surface area contributed by atoms with E-state index >= 15 is 0 Å². The van der Waals surface area contributed by atoms with E-state index in [4.69, 9.17) is 9.57 Å². The summed E-state index contributed by atoms with van der Waals surface area (Å²) in [4.78, 5) is 21.7. The fraction of sp³-hybridized carbons (Fsp3) is 0.294. The minimum atomic E-state index is -0.454. The summed E-state index contributed by atoms with van der Waals surface area (Å²) in [5.74, 6) is -0.862. The lowest BCUT2D eigenvalue weighted by molar-refractivity contribution is -0.186. The second-order valence-corrected chi connectivity index (χ2v) is 6.76. The van der Waals surface area contributed by atoms with Crippen molar-refractivity contribution in [3.8, 4) is 0 Å². The molecule has 0 radical (unpaired) electrons. The fourth-order valence-electron chi connectivity index (χ4n) is 2.41. The van der Waals surface area contributed by atoms with Crippen LogP contribution in [0.15, 0.2) is 36.7 Å². The SMILES string of the molecule is O=C(NOC1CCCCO1)c1ccncc1Nc1ccc(I)cc1F. The third kappa shape index (κ3) is 4.86. The standard InChI is InChI=1S/C17H17FIN3O3/c18-13-9-11(19)4-5-14(13)21-15-10-20-7-6-12(15)17(23)22-25-16-3-1-2-8-24-16/h4-7,9-10,16,21H,1-3,8H2,(H,22,23). The molecule has 1 aliphatic rings. The Morgan fingerprint density at radius 2 is 2.20 bits per heavy atom. The van der Waals surface area contributed by atoms with E-state index in [2.05, 4.69) is 15.8 Å². The predicted molar refractivity (Wildman–Crippen MR) is 98.8 cm³/mol. The van der Waals surface area contributed by atoms with Gasteiger partial charge in [-0.3, -0.25) is 9.78 Å². The third-order valence-corrected chi connectivity index (χ3v) is 4.36. The van der Waals surface area contributed by atoms with E-state index in [0.717, 1.165) is 22.8 Å². The monoisotopic (exact) mass is 457 g/mol. The van der Waals surface area contributed by atoms with Crippen LogP contribution in [0.1, 0.15) is 29.6 Å². The van der Waals surface area contributed by atoms with Crippen LogP contribution in [-0.4, -0.2) is 23.8 Å². The smallest absolute Gasteiger partial charge is 0.277 e. The molecule has 2 heterocycles. The number of hydrogen-bond acceptors (Lipinski definition) is 5. The van der Waals surface area contributed by atoms with Gasteiger partial charge >= 0.3 is 0 Å². The second kappa shape index (κ2) is 8.54. The van der Waals surface area contributed by atoms with Crippen molar-refractivity contribution in [3.63, 3.8) is 0 Å². The second-order valence-electron chi connectivity index (χ2n) is 5.52. The van der Waals surface area contributed by atoms with E-state index in [1.165, 1.54) is 24.5 Å². The van der Waals surface area contributed by atoms with E-state index in [0.29, 0.717) is 17.9 Å². The molecular weight excluding hydrogens is 440 g/mol. The molecule has 0 saturated carbocycles. The number of halogens is 2. The summed E-state index contributed by atoms with van der Waals surface area (Å²) < 4.78 is 20.2. The van der Waals surface area contributed by atoms with Gasteiger partial charge in [0.25, 0.3) is 5.91 Å². The molecule has 2 aromatic rings. The van der Waals surface area contributed by atoms with Gasteiger partial charge in [-0.25, -0.2) is 14.7 Å². The third-order valence-electron chi connectivity index (χ3n) is 3.69. The van der Waals surface area contributed by atoms with Crippen LogP contribution < -0.4 is 10.8 Å². The van der Waals surface area contributed by atoms with Crippen LogP contribution in [0, 0.1) is 9.39 Å². The number of pyridine rings is 1. The van der Waals surface area contributed by atoms with E-state index in [1.54, 1.807) is 12.1 Å². The van der Waals surface area contributed by atoms with Gasteiger partial charge in [0.2, 0.25) is 0 Å². The molecule has 0 aliphatic carbocycles. The average molecular weight is 457 g/mol. The van der Waals surface area contributed by atoms with Gasteiger partial charge in [-0.15, -0.1) is 0 Å². The number of anilines is 2. The molecule has 0 spiro atoms. The van der Waals surface area contributed by atoms with Crippen molar-refractivity contribution >= 4 is 39.9 Å². The molecule has 0 bridgehead atoms. The number of benzene rings is 1. The van der Waals surface area contributed by atoms with Crippen LogP contribution in [0.25, 0.3) is 0 Å². The van der Waals surface area contributed by atoms with Crippen LogP contribution >= 0.6 is 22.6 Å². The fourth-order valence-corrected chi connectivity index (χ4v) is 2.86. The van der Waals surface area contributed by atoms with Gasteiger partial charge in [0.05, 0.1) is 23.1 Å². The number of carbonyl (C=O) groups excluding carboxylic acids is 1. The van der Waals surface area contributed by atoms with Crippen LogP contribution in [0.2, 0.25) is 0 Å². The molecule has 1 aromatic heterocycles. The summed E-state index contributed by atoms with van der Waals surface area (Å²) in [5, 5.41) is 2.90. The summed E-state index contributed by atoms with van der Waals surface area (Å²) in [6.07, 6.45) is 5.23. The Balaban J connectivity index is 1.70. The first-order valence-corrected chi connectivity index (χ1v) is 8.95. The van der Waals surface area contributed by atoms with Crippen molar-refractivity contribution in [2.75, 3.05) is 11.9 Å². The van der Waals surface area contributed by atoms with Gasteiger partial charge in [-0.05, 0) is 59.7 Å². The quantitative estimate of drug-likeness (QED) is 0.529. The number of hydrogen-bond donors (Lipinski definition) is 2. The lowest BCUT2D eigenvalue weighted by atomic mass is 10.2. The zero-order chi connectivity index (χ0) is 17.6. The van der Waals surface area contributed by atoms with Crippen molar-refractivity contribution in [3.05, 3.63) is 51.6 Å². The van der Waals surface area contributed by atoms with Crippen molar-refractivity contribution in [1.82, 2.24) is 10.5 Å². The van der Waals surface area contributed by atoms with Gasteiger partial charge in [-0.2, -0.15) is 0 Å². The van der Waals surface area contributed by atoms with Crippen LogP contribution in [0.5, 0.6) is 0 Å². The number of hydroxylamine groups is 1. The summed E-state index contributed by atoms with van der Waals surface area (Å²) in [7, 11) is 0. The summed E-state index contributed by atoms with van der Waals surface area (Å²) in [5.41, 5.74) is 3.33. The highest BCUT2D eigenvalue weighted by Gasteiger charge is 2.18. The number of amides is 1. The lowest BCUT2D eigenvalue weighted by Crippen LogP contribution is -2.33. The number of aromatic nitrogens is 1. The van der Waals surface area contributed by atoms with E-state index < -0.39 is 18.0 Å². The van der Waals surface area contributed by atoms with Crippen molar-refractivity contribution in [2.24, 2.45) is 0 Å². The van der Waals surface area contributed by atoms with Crippen molar-refractivity contribution in [1.29, 1.82) is 0 Å². The summed E-state index contributed by atoms with van der Waals surface area (Å²) in [6.45, 7) is 0.620. The minimum absolute atomic E-state index is 0.263. The highest BCUT2D eigenvalue weighted by atomic mass is 127. The highest BCUT2D eigenvalue weighted by molar-refractivity contribution is 14.1. The Morgan fingerprint density at radius 3 is 2.96 bits per heavy atom. The summed E-state index contributed by atoms with van der Waals surface area (Å²) in [6, 6.07) is 6.32. The highest BCUT2D eigenvalue weighted by Crippen LogP contribution is 2.24. The maximum Gasteiger partial charge on any atom is 0.277 e. The van der Waals surface area contributed by atoms with Gasteiger partial charge in [0.1, 0.15) is 5.82 Å². The van der Waals surface area contributed by atoms with Crippen LogP contribution in [0.3, 0.4) is 0 Å². The maximum absolute atomic E-state index is 14.0. The molecule has 1 unspecified atom stereocenters. The first-order chi connectivity index (χ1) is 12.1. The Morgan fingerprint density at radius 1 is 1.32 bits per heavy atom. The Kier molecular flexibility index (Phi) is 6.16. The molecule has 6 nitrogen and oxygen atoms in total. The molecule has 1 fully saturated rings. The number of nitrogens with zero attached hydrogens (tertiary/aromatic N) is 1. The minimum Gasteiger partial charge on any atom is -0.351 e. The molecule has 1 atom stereocenters. The van der Waals surface area contributed by atoms with Crippen molar-refractivity contribution < 1.29 is 18.8 Å². The molecule has 1 aromatic carbocycles. The normalized spacial score (nSPS) is 17.1. The average Bonchev–Trinajstić information content (AvgIpc) is 2.63. The molecular formula is C17H17FIN3O3. The first kappa shape index (κ1) is 18.0. The topological polar surface area (TPSA) is 72.5 Å². The molecule has 25 heavy (non-hydrogen) atoms. The Labute approximate surface area is 158 Å². The number of carbonyl (C=O) groups is 1. The molecule has 2 N–H and O–H groups in total. The molecule has 1 saturated heterocycles. The first-order valence-electron chi connectivity index (χ1n) is 7.87. The van der Waals surface area contributed by atoms with E-state index in [1.807, 2.05) is 22.6 Å². The van der Waals surface area contributed by atoms with Gasteiger partial charge in [0.15, 0.2) is 6.29 Å². The van der Waals surface area contributed by atoms with Crippen LogP contribution in [0.4, 0.5) is 15.8 Å². The number of ether oxygens (including phenoxy) is 1. The van der Waals surface area contributed by atoms with E-state index in [-0.39, 0.29) is 5.69 Å². The number of nitrogens with one attached hydrogen (secondary N) is 2. The van der Waals surface area contributed by atoms with Gasteiger partial charge < -0.3 is 10.1 Å². The lowest BCUT2D eigenvalue weighted by Gasteiger charge is -2.22. The molecule has 1 aliphatic heterocycles. The number of rotatable bonds is 5. The van der Waals surface area contributed by atoms with Gasteiger partial charge in [0, 0.05) is 22.8 Å². The molecule has 132 valence electrons. The zero-order valence-electron chi connectivity index (χ0n) is 13.3. The maximum atomic E-state index is 14.0. The predicted octanol–water partition coefficient (Wildman–Crippen LogP) is 3.76. The molecule has 8 heteroatoms.